The van der Waals surface area contributed by atoms with Gasteiger partial charge in [-0.1, -0.05) is 71.9 Å². The van der Waals surface area contributed by atoms with Crippen molar-refractivity contribution in [1.82, 2.24) is 0 Å². The van der Waals surface area contributed by atoms with Gasteiger partial charge in [-0.2, -0.15) is 0 Å². The highest BCUT2D eigenvalue weighted by Crippen LogP contribution is 2.44. The summed E-state index contributed by atoms with van der Waals surface area (Å²) in [6, 6.07) is 10.0. The quantitative estimate of drug-likeness (QED) is 0.444. The molecule has 26 heavy (non-hydrogen) atoms. The molecule has 1 aromatic rings. The maximum Gasteiger partial charge on any atom is 0.308 e. The van der Waals surface area contributed by atoms with Gasteiger partial charge >= 0.3 is 5.97 Å². The fourth-order valence-corrected chi connectivity index (χ4v) is 9.96. The van der Waals surface area contributed by atoms with Gasteiger partial charge in [0.2, 0.25) is 8.32 Å². The van der Waals surface area contributed by atoms with Crippen LogP contribution in [0, 0.1) is 0 Å². The van der Waals surface area contributed by atoms with Gasteiger partial charge in [-0.15, -0.1) is 0 Å². The number of cyclic esters (lactones) is 1. The second-order valence-corrected chi connectivity index (χ2v) is 13.6. The lowest BCUT2D eigenvalue weighted by Crippen LogP contribution is -2.52. The van der Waals surface area contributed by atoms with Crippen LogP contribution in [0.3, 0.4) is 0 Å². The van der Waals surface area contributed by atoms with Crippen LogP contribution in [0.1, 0.15) is 53.5 Å². The van der Waals surface area contributed by atoms with E-state index < -0.39 is 8.32 Å². The number of benzene rings is 1. The van der Waals surface area contributed by atoms with Crippen LogP contribution in [0.2, 0.25) is 16.6 Å². The van der Waals surface area contributed by atoms with Crippen molar-refractivity contribution in [3.63, 3.8) is 0 Å². The number of ether oxygens (including phenoxy) is 2. The van der Waals surface area contributed by atoms with E-state index in [2.05, 4.69) is 41.5 Å². The fraction of sp³-hybridized carbons (Fsp3) is 0.667. The third kappa shape index (κ3) is 4.75. The minimum absolute atomic E-state index is 0.178. The summed E-state index contributed by atoms with van der Waals surface area (Å²) in [4.78, 5) is 12.0. The maximum atomic E-state index is 12.0. The Morgan fingerprint density at radius 1 is 1.04 bits per heavy atom. The first-order valence-corrected chi connectivity index (χ1v) is 11.9. The molecule has 0 unspecified atom stereocenters. The highest BCUT2D eigenvalue weighted by Gasteiger charge is 2.50. The van der Waals surface area contributed by atoms with E-state index in [4.69, 9.17) is 13.9 Å². The van der Waals surface area contributed by atoms with Crippen molar-refractivity contribution in [3.05, 3.63) is 35.9 Å². The normalized spacial score (nSPS) is 21.0. The number of hydrogen-bond acceptors (Lipinski definition) is 4. The Morgan fingerprint density at radius 2 is 1.62 bits per heavy atom. The van der Waals surface area contributed by atoms with E-state index in [9.17, 15) is 4.79 Å². The van der Waals surface area contributed by atoms with Gasteiger partial charge in [-0.3, -0.25) is 4.79 Å². The van der Waals surface area contributed by atoms with Crippen molar-refractivity contribution >= 4 is 14.3 Å². The molecule has 1 saturated heterocycles. The summed E-state index contributed by atoms with van der Waals surface area (Å²) < 4.78 is 18.1. The number of rotatable bonds is 9. The van der Waals surface area contributed by atoms with E-state index in [1.165, 1.54) is 0 Å². The van der Waals surface area contributed by atoms with Gasteiger partial charge in [0, 0.05) is 0 Å². The van der Waals surface area contributed by atoms with Gasteiger partial charge in [0.1, 0.15) is 0 Å². The molecule has 0 aromatic heterocycles. The summed E-state index contributed by atoms with van der Waals surface area (Å²) in [5, 5.41) is 0. The minimum atomic E-state index is -2.05. The second kappa shape index (κ2) is 9.15. The number of esters is 1. The van der Waals surface area contributed by atoms with Crippen LogP contribution < -0.4 is 0 Å². The third-order valence-electron chi connectivity index (χ3n) is 5.52. The Balaban J connectivity index is 2.04. The fourth-order valence-electron chi connectivity index (χ4n) is 4.39. The van der Waals surface area contributed by atoms with Crippen LogP contribution >= 0.6 is 0 Å². The number of carbonyl (C=O) groups excluding carboxylic acids is 1. The molecular weight excluding hydrogens is 344 g/mol. The van der Waals surface area contributed by atoms with Crippen LogP contribution in [0.5, 0.6) is 0 Å². The van der Waals surface area contributed by atoms with Gasteiger partial charge in [0.15, 0.2) is 6.10 Å². The summed E-state index contributed by atoms with van der Waals surface area (Å²) in [6.45, 7) is 14.4. The zero-order chi connectivity index (χ0) is 19.3. The smallest absolute Gasteiger partial charge is 0.308 e. The maximum absolute atomic E-state index is 12.0. The van der Waals surface area contributed by atoms with E-state index in [-0.39, 0.29) is 18.2 Å². The molecule has 146 valence electrons. The Morgan fingerprint density at radius 3 is 2.15 bits per heavy atom. The Labute approximate surface area is 159 Å². The summed E-state index contributed by atoms with van der Waals surface area (Å²) in [5.74, 6) is -0.178. The monoisotopic (exact) mass is 378 g/mol. The van der Waals surface area contributed by atoms with Crippen LogP contribution in [-0.2, 0) is 25.3 Å². The summed E-state index contributed by atoms with van der Waals surface area (Å²) >= 11 is 0. The van der Waals surface area contributed by atoms with E-state index in [1.54, 1.807) is 0 Å². The molecule has 1 aliphatic rings. The van der Waals surface area contributed by atoms with Gasteiger partial charge in [-0.05, 0) is 22.2 Å². The molecule has 0 amide bonds. The largest absolute Gasteiger partial charge is 0.457 e. The molecule has 1 aromatic carbocycles. The minimum Gasteiger partial charge on any atom is -0.457 e. The first-order valence-electron chi connectivity index (χ1n) is 9.76. The average Bonchev–Trinajstić information content (AvgIpc) is 2.92. The van der Waals surface area contributed by atoms with Crippen molar-refractivity contribution in [1.29, 1.82) is 0 Å². The van der Waals surface area contributed by atoms with Crippen LogP contribution in [0.25, 0.3) is 0 Å². The second-order valence-electron chi connectivity index (χ2n) is 8.21. The molecule has 1 aliphatic heterocycles. The molecule has 0 N–H and O–H groups in total. The summed E-state index contributed by atoms with van der Waals surface area (Å²) in [7, 11) is -2.05. The molecule has 0 bridgehead atoms. The van der Waals surface area contributed by atoms with Gasteiger partial charge in [-0.25, -0.2) is 0 Å². The summed E-state index contributed by atoms with van der Waals surface area (Å²) in [5.41, 5.74) is 2.54. The van der Waals surface area contributed by atoms with Gasteiger partial charge in [0.25, 0.3) is 0 Å². The Kier molecular flexibility index (Phi) is 7.44. The Bertz CT molecular complexity index is 549. The van der Waals surface area contributed by atoms with Crippen molar-refractivity contribution in [2.45, 2.75) is 83.4 Å². The molecule has 0 spiro atoms. The third-order valence-corrected chi connectivity index (χ3v) is 11.6. The van der Waals surface area contributed by atoms with E-state index in [0.29, 0.717) is 36.3 Å². The topological polar surface area (TPSA) is 44.8 Å². The number of carbonyl (C=O) groups is 1. The highest BCUT2D eigenvalue weighted by atomic mass is 28.4. The van der Waals surface area contributed by atoms with Gasteiger partial charge in [0.05, 0.1) is 25.7 Å². The first kappa shape index (κ1) is 21.1. The first-order chi connectivity index (χ1) is 12.3. The van der Waals surface area contributed by atoms with Crippen molar-refractivity contribution in [3.8, 4) is 0 Å². The molecular formula is C21H34O4Si. The lowest BCUT2D eigenvalue weighted by atomic mass is 10.2. The molecule has 5 heteroatoms. The Hall–Kier alpha value is -1.17. The molecule has 2 atom stereocenters. The molecule has 0 aliphatic carbocycles. The molecule has 1 fully saturated rings. The molecule has 0 saturated carbocycles. The van der Waals surface area contributed by atoms with Crippen molar-refractivity contribution in [2.75, 3.05) is 6.61 Å². The average molecular weight is 379 g/mol. The van der Waals surface area contributed by atoms with Crippen molar-refractivity contribution in [2.24, 2.45) is 0 Å². The van der Waals surface area contributed by atoms with Crippen LogP contribution in [-0.4, -0.2) is 33.1 Å². The van der Waals surface area contributed by atoms with Crippen LogP contribution in [0.4, 0.5) is 0 Å². The zero-order valence-corrected chi connectivity index (χ0v) is 18.0. The molecule has 0 radical (unpaired) electrons. The van der Waals surface area contributed by atoms with Crippen molar-refractivity contribution < 1.29 is 18.7 Å². The molecule has 2 rings (SSSR count). The van der Waals surface area contributed by atoms with E-state index in [1.807, 2.05) is 30.3 Å². The van der Waals surface area contributed by atoms with E-state index >= 15 is 0 Å². The highest BCUT2D eigenvalue weighted by molar-refractivity contribution is 6.77. The predicted molar refractivity (Wildman–Crippen MR) is 107 cm³/mol. The summed E-state index contributed by atoms with van der Waals surface area (Å²) in [6.07, 6.45) is -0.174. The van der Waals surface area contributed by atoms with E-state index in [0.717, 1.165) is 5.56 Å². The van der Waals surface area contributed by atoms with Gasteiger partial charge < -0.3 is 13.9 Å². The molecule has 1 heterocycles. The number of hydrogen-bond donors (Lipinski definition) is 0. The van der Waals surface area contributed by atoms with Crippen LogP contribution in [0.15, 0.2) is 30.3 Å². The lowest BCUT2D eigenvalue weighted by Gasteiger charge is -2.44. The zero-order valence-electron chi connectivity index (χ0n) is 17.0. The SMILES string of the molecule is CC(C)[Si](O[C@@H]1CC(=O)O[C@@H]1COCc1ccccc1)(C(C)C)C(C)C. The lowest BCUT2D eigenvalue weighted by molar-refractivity contribution is -0.144. The predicted octanol–water partition coefficient (Wildman–Crippen LogP) is 5.08. The standard InChI is InChI=1S/C21H34O4Si/c1-15(2)26(16(3)4,17(5)6)25-19-12-21(22)24-20(19)14-23-13-18-10-8-7-9-11-18/h7-11,15-17,19-20H,12-14H2,1-6H3/t19-,20-/m1/s1. The molecule has 4 nitrogen and oxygen atoms in total.